The molecule has 0 aliphatic heterocycles. The van der Waals surface area contributed by atoms with Crippen molar-refractivity contribution in [3.8, 4) is 22.9 Å². The van der Waals surface area contributed by atoms with E-state index in [1.165, 1.54) is 6.20 Å². The summed E-state index contributed by atoms with van der Waals surface area (Å²) in [5.41, 5.74) is 13.8. The Morgan fingerprint density at radius 1 is 1.19 bits per heavy atom. The van der Waals surface area contributed by atoms with Crippen molar-refractivity contribution < 1.29 is 9.84 Å². The van der Waals surface area contributed by atoms with Crippen molar-refractivity contribution in [2.75, 3.05) is 0 Å². The zero-order valence-electron chi connectivity index (χ0n) is 15.1. The molecule has 27 heavy (non-hydrogen) atoms. The summed E-state index contributed by atoms with van der Waals surface area (Å²) < 4.78 is 5.94. The van der Waals surface area contributed by atoms with Crippen LogP contribution in [0.1, 0.15) is 37.7 Å². The Balaban J connectivity index is 1.74. The van der Waals surface area contributed by atoms with Crippen molar-refractivity contribution in [3.63, 3.8) is 0 Å². The van der Waals surface area contributed by atoms with Crippen LogP contribution in [0, 0.1) is 5.41 Å². The van der Waals surface area contributed by atoms with Gasteiger partial charge in [0.1, 0.15) is 11.9 Å². The van der Waals surface area contributed by atoms with Gasteiger partial charge in [-0.25, -0.2) is 0 Å². The van der Waals surface area contributed by atoms with E-state index in [0.29, 0.717) is 28.3 Å². The van der Waals surface area contributed by atoms with Gasteiger partial charge in [0, 0.05) is 35.7 Å². The molecular formula is C20H25N5O2. The molecule has 0 amide bonds. The number of nitrogens with two attached hydrogens (primary N) is 2. The molecule has 0 bridgehead atoms. The highest BCUT2D eigenvalue weighted by atomic mass is 16.5. The third-order valence-corrected chi connectivity index (χ3v) is 4.79. The summed E-state index contributed by atoms with van der Waals surface area (Å²) >= 11 is 0. The number of phenols is 1. The van der Waals surface area contributed by atoms with Crippen molar-refractivity contribution >= 4 is 11.8 Å². The van der Waals surface area contributed by atoms with E-state index in [-0.39, 0.29) is 17.9 Å². The first-order valence-corrected chi connectivity index (χ1v) is 9.13. The zero-order chi connectivity index (χ0) is 19.2. The van der Waals surface area contributed by atoms with E-state index in [0.717, 1.165) is 38.3 Å². The maximum Gasteiger partial charge on any atom is 0.233 e. The Bertz CT molecular complexity index is 820. The molecule has 7 heteroatoms. The van der Waals surface area contributed by atoms with Crippen LogP contribution in [0.25, 0.3) is 16.8 Å². The largest absolute Gasteiger partial charge is 0.507 e. The van der Waals surface area contributed by atoms with E-state index < -0.39 is 0 Å². The van der Waals surface area contributed by atoms with E-state index >= 15 is 0 Å². The number of aromatic hydroxyl groups is 1. The van der Waals surface area contributed by atoms with E-state index in [4.69, 9.17) is 21.6 Å². The number of nitrogens with one attached hydrogen (secondary N) is 1. The molecule has 2 atom stereocenters. The summed E-state index contributed by atoms with van der Waals surface area (Å²) in [5, 5.41) is 26.0. The van der Waals surface area contributed by atoms with Crippen LogP contribution in [-0.2, 0) is 0 Å². The van der Waals surface area contributed by atoms with Gasteiger partial charge in [0.2, 0.25) is 5.88 Å². The van der Waals surface area contributed by atoms with Gasteiger partial charge in [-0.05, 0) is 49.4 Å². The summed E-state index contributed by atoms with van der Waals surface area (Å²) in [5.74, 6) is 0.512. The lowest BCUT2D eigenvalue weighted by atomic mass is 10.0. The average molecular weight is 367 g/mol. The fraction of sp³-hybridized carbons (Fsp3) is 0.350. The van der Waals surface area contributed by atoms with Crippen LogP contribution >= 0.6 is 0 Å². The number of hydrogen-bond acceptors (Lipinski definition) is 7. The Morgan fingerprint density at radius 3 is 2.67 bits per heavy atom. The molecule has 1 aliphatic rings. The first-order chi connectivity index (χ1) is 13.1. The molecule has 6 N–H and O–H groups in total. The average Bonchev–Trinajstić information content (AvgIpc) is 2.87. The molecule has 0 spiro atoms. The van der Waals surface area contributed by atoms with Crippen molar-refractivity contribution in [1.29, 1.82) is 5.41 Å². The lowest BCUT2D eigenvalue weighted by Gasteiger charge is -2.18. The number of rotatable bonds is 5. The lowest BCUT2D eigenvalue weighted by molar-refractivity contribution is 0.169. The van der Waals surface area contributed by atoms with Gasteiger partial charge in [-0.3, -0.25) is 0 Å². The van der Waals surface area contributed by atoms with Crippen LogP contribution in [0.4, 0.5) is 0 Å². The van der Waals surface area contributed by atoms with Crippen molar-refractivity contribution in [2.45, 2.75) is 44.2 Å². The first-order valence-electron chi connectivity index (χ1n) is 9.13. The standard InChI is InChI=1S/C20H25N5O2/c21-11-14(12-22)13-5-6-17(19(26)9-13)18-7-8-20(25-24-18)27-16-4-2-1-3-15(23)10-16/h5-9,11-12,15-16,21,26H,1-4,10,22-23H2/b14-12+,21-11?/t15?,16-/m0/s1. The number of phenolic OH excluding ortho intramolecular Hbond substituents is 1. The molecule has 7 nitrogen and oxygen atoms in total. The van der Waals surface area contributed by atoms with Gasteiger partial charge in [-0.15, -0.1) is 10.2 Å². The lowest BCUT2D eigenvalue weighted by Crippen LogP contribution is -2.27. The zero-order valence-corrected chi connectivity index (χ0v) is 15.1. The number of hydrogen-bond donors (Lipinski definition) is 4. The highest BCUT2D eigenvalue weighted by molar-refractivity contribution is 6.08. The van der Waals surface area contributed by atoms with Crippen LogP contribution < -0.4 is 16.2 Å². The van der Waals surface area contributed by atoms with Gasteiger partial charge in [0.05, 0.1) is 5.69 Å². The molecule has 0 saturated heterocycles. The van der Waals surface area contributed by atoms with Crippen LogP contribution in [0.2, 0.25) is 0 Å². The summed E-state index contributed by atoms with van der Waals surface area (Å²) in [7, 11) is 0. The Morgan fingerprint density at radius 2 is 2.00 bits per heavy atom. The van der Waals surface area contributed by atoms with E-state index in [1.54, 1.807) is 30.3 Å². The number of ether oxygens (including phenoxy) is 1. The smallest absolute Gasteiger partial charge is 0.233 e. The predicted molar refractivity (Wildman–Crippen MR) is 106 cm³/mol. The predicted octanol–water partition coefficient (Wildman–Crippen LogP) is 2.84. The highest BCUT2D eigenvalue weighted by Gasteiger charge is 2.19. The van der Waals surface area contributed by atoms with Gasteiger partial charge >= 0.3 is 0 Å². The summed E-state index contributed by atoms with van der Waals surface area (Å²) in [6.07, 6.45) is 7.63. The summed E-state index contributed by atoms with van der Waals surface area (Å²) in [6.45, 7) is 0. The second kappa shape index (κ2) is 8.64. The monoisotopic (exact) mass is 367 g/mol. The molecule has 1 aliphatic carbocycles. The fourth-order valence-electron chi connectivity index (χ4n) is 3.31. The molecule has 1 aromatic heterocycles. The molecule has 142 valence electrons. The Hall–Kier alpha value is -2.93. The van der Waals surface area contributed by atoms with Crippen LogP contribution in [0.15, 0.2) is 36.5 Å². The van der Waals surface area contributed by atoms with E-state index in [9.17, 15) is 5.11 Å². The minimum absolute atomic E-state index is 0.0476. The minimum Gasteiger partial charge on any atom is -0.507 e. The Kier molecular flexibility index (Phi) is 6.03. The van der Waals surface area contributed by atoms with Crippen molar-refractivity contribution in [3.05, 3.63) is 42.1 Å². The number of allylic oxidation sites excluding steroid dienone is 1. The third-order valence-electron chi connectivity index (χ3n) is 4.79. The second-order valence-electron chi connectivity index (χ2n) is 6.78. The molecule has 1 aromatic carbocycles. The quantitative estimate of drug-likeness (QED) is 0.475. The number of nitrogens with zero attached hydrogens (tertiary/aromatic N) is 2. The molecule has 3 rings (SSSR count). The highest BCUT2D eigenvalue weighted by Crippen LogP contribution is 2.31. The maximum atomic E-state index is 10.3. The van der Waals surface area contributed by atoms with Crippen LogP contribution in [0.5, 0.6) is 11.6 Å². The second-order valence-corrected chi connectivity index (χ2v) is 6.78. The third kappa shape index (κ3) is 4.62. The number of benzene rings is 1. The fourth-order valence-corrected chi connectivity index (χ4v) is 3.31. The molecule has 1 saturated carbocycles. The van der Waals surface area contributed by atoms with Crippen LogP contribution in [0.3, 0.4) is 0 Å². The normalized spacial score (nSPS) is 20.7. The first kappa shape index (κ1) is 18.8. The summed E-state index contributed by atoms with van der Waals surface area (Å²) in [4.78, 5) is 0. The van der Waals surface area contributed by atoms with E-state index in [2.05, 4.69) is 10.2 Å². The van der Waals surface area contributed by atoms with E-state index in [1.807, 2.05) is 0 Å². The molecule has 1 unspecified atom stereocenters. The van der Waals surface area contributed by atoms with Crippen molar-refractivity contribution in [2.24, 2.45) is 11.5 Å². The molecule has 0 radical (unpaired) electrons. The Labute approximate surface area is 158 Å². The summed E-state index contributed by atoms with van der Waals surface area (Å²) in [6, 6.07) is 8.76. The van der Waals surface area contributed by atoms with Gasteiger partial charge < -0.3 is 26.7 Å². The molecular weight excluding hydrogens is 342 g/mol. The minimum atomic E-state index is 0.0476. The molecule has 1 fully saturated rings. The molecule has 1 heterocycles. The maximum absolute atomic E-state index is 10.3. The molecule has 2 aromatic rings. The van der Waals surface area contributed by atoms with Gasteiger partial charge in [0.25, 0.3) is 0 Å². The van der Waals surface area contributed by atoms with Gasteiger partial charge in [-0.2, -0.15) is 0 Å². The van der Waals surface area contributed by atoms with Crippen LogP contribution in [-0.4, -0.2) is 33.7 Å². The number of aromatic nitrogens is 2. The van der Waals surface area contributed by atoms with Gasteiger partial charge in [0.15, 0.2) is 0 Å². The topological polar surface area (TPSA) is 131 Å². The van der Waals surface area contributed by atoms with Crippen molar-refractivity contribution in [1.82, 2.24) is 10.2 Å². The SMILES string of the molecule is N=C/C(=C\N)c1ccc(-c2ccc(O[C@H]3CCCCC(N)C3)nn2)c(O)c1. The van der Waals surface area contributed by atoms with Gasteiger partial charge in [-0.1, -0.05) is 12.5 Å².